The number of nitrogens with one attached hydrogen (secondary N) is 2. The van der Waals surface area contributed by atoms with Gasteiger partial charge in [-0.25, -0.2) is 0 Å². The molecule has 0 radical (unpaired) electrons. The molecular weight excluding hydrogens is 371 g/mol. The molecule has 1 rings (SSSR count). The summed E-state index contributed by atoms with van der Waals surface area (Å²) in [6, 6.07) is -1.52. The molecule has 0 aromatic heterocycles. The van der Waals surface area contributed by atoms with E-state index in [4.69, 9.17) is 0 Å². The number of carboxylic acids is 1. The molecule has 1 aliphatic heterocycles. The third-order valence-corrected chi connectivity index (χ3v) is 4.97. The Morgan fingerprint density at radius 2 is 2.00 bits per heavy atom. The number of aliphatic carboxylic acids is 1. The smallest absolute Gasteiger partial charge is 0.548 e. The molecule has 0 spiro atoms. The Morgan fingerprint density at radius 1 is 1.35 bits per heavy atom. The minimum Gasteiger partial charge on any atom is -0.548 e. The van der Waals surface area contributed by atoms with E-state index in [2.05, 4.69) is 23.3 Å². The van der Waals surface area contributed by atoms with Gasteiger partial charge in [0.25, 0.3) is 0 Å². The molecule has 0 aliphatic carbocycles. The zero-order valence-electron chi connectivity index (χ0n) is 12.7. The Balaban J connectivity index is 0.00000484. The van der Waals surface area contributed by atoms with Gasteiger partial charge < -0.3 is 20.5 Å². The van der Waals surface area contributed by atoms with E-state index in [1.54, 1.807) is 0 Å². The number of hydrogen-bond acceptors (Lipinski definition) is 8. The quantitative estimate of drug-likeness (QED) is 0.269. The van der Waals surface area contributed by atoms with Crippen molar-refractivity contribution in [2.24, 2.45) is 0 Å². The van der Waals surface area contributed by atoms with Crippen LogP contribution < -0.4 is 45.3 Å². The van der Waals surface area contributed by atoms with Crippen molar-refractivity contribution in [2.75, 3.05) is 23.0 Å². The van der Waals surface area contributed by atoms with Crippen molar-refractivity contribution < 1.29 is 53.8 Å². The van der Waals surface area contributed by atoms with Crippen LogP contribution in [-0.4, -0.2) is 58.0 Å². The zero-order chi connectivity index (χ0) is 16.5. The summed E-state index contributed by atoms with van der Waals surface area (Å²) in [6.07, 6.45) is 0.793. The van der Waals surface area contributed by atoms with E-state index < -0.39 is 24.0 Å². The topological polar surface area (TPSA) is 115 Å². The fourth-order valence-corrected chi connectivity index (χ4v) is 3.54. The molecule has 1 heterocycles. The number of hydrogen-bond donors (Lipinski definition) is 3. The van der Waals surface area contributed by atoms with Gasteiger partial charge in [0.1, 0.15) is 0 Å². The predicted molar refractivity (Wildman–Crippen MR) is 86.7 cm³/mol. The second kappa shape index (κ2) is 12.5. The van der Waals surface area contributed by atoms with Gasteiger partial charge >= 0.3 is 29.6 Å². The third kappa shape index (κ3) is 9.25. The number of thiol groups is 1. The Morgan fingerprint density at radius 3 is 2.52 bits per heavy atom. The molecule has 2 amide bonds. The second-order valence-electron chi connectivity index (χ2n) is 4.52. The van der Waals surface area contributed by atoms with Crippen LogP contribution in [0.25, 0.3) is 0 Å². The van der Waals surface area contributed by atoms with Crippen molar-refractivity contribution in [2.45, 2.75) is 24.9 Å². The molecule has 1 saturated heterocycles. The van der Waals surface area contributed by atoms with E-state index in [9.17, 15) is 24.3 Å². The van der Waals surface area contributed by atoms with Crippen LogP contribution in [0.2, 0.25) is 0 Å². The number of rotatable bonds is 9. The summed E-state index contributed by atoms with van der Waals surface area (Å²) >= 11 is 6.16. The molecule has 7 nitrogen and oxygen atoms in total. The minimum atomic E-state index is -1.36. The molecule has 1 aliphatic rings. The van der Waals surface area contributed by atoms with Crippen molar-refractivity contribution >= 4 is 59.1 Å². The molecule has 0 bridgehead atoms. The van der Waals surface area contributed by atoms with Gasteiger partial charge in [0, 0.05) is 5.75 Å². The monoisotopic (exact) mass is 388 g/mol. The second-order valence-corrected chi connectivity index (χ2v) is 7.05. The summed E-state index contributed by atoms with van der Waals surface area (Å²) in [4.78, 5) is 45.3. The summed E-state index contributed by atoms with van der Waals surface area (Å²) < 4.78 is 0. The zero-order valence-corrected chi connectivity index (χ0v) is 17.2. The number of carbonyl (C=O) groups is 4. The van der Waals surface area contributed by atoms with E-state index >= 15 is 0 Å². The van der Waals surface area contributed by atoms with E-state index in [1.807, 2.05) is 0 Å². The maximum absolute atomic E-state index is 11.6. The average Bonchev–Trinajstić information content (AvgIpc) is 2.83. The maximum Gasteiger partial charge on any atom is 1.00 e. The molecule has 0 aromatic carbocycles. The summed E-state index contributed by atoms with van der Waals surface area (Å²) in [6.45, 7) is 0. The maximum atomic E-state index is 11.6. The summed E-state index contributed by atoms with van der Waals surface area (Å²) in [5.74, 6) is -1.16. The molecular formula is C12H17N2NaO5S3. The van der Waals surface area contributed by atoms with Gasteiger partial charge in [-0.05, 0) is 18.6 Å². The standard InChI is InChI=1S/C12H18N2O5S3.Na/c15-9(13-7(1-3-20)11(17)18)5-21-6-10(16)14-8-2-4-22-12(8)19;/h7-8,20H,1-6H2,(H,13,15)(H,14,16)(H,17,18);/q;+1/p-1. The van der Waals surface area contributed by atoms with Gasteiger partial charge in [0.05, 0.1) is 29.6 Å². The van der Waals surface area contributed by atoms with E-state index in [-0.39, 0.29) is 58.5 Å². The van der Waals surface area contributed by atoms with Crippen molar-refractivity contribution in [1.29, 1.82) is 0 Å². The fourth-order valence-electron chi connectivity index (χ4n) is 1.71. The Labute approximate surface area is 170 Å². The SMILES string of the molecule is O=C(CSCC(=O)NC1CCSC1=O)NC(CCS)C(=O)[O-].[Na+]. The van der Waals surface area contributed by atoms with Crippen LogP contribution in [0.15, 0.2) is 0 Å². The van der Waals surface area contributed by atoms with Gasteiger partial charge in [-0.1, -0.05) is 11.8 Å². The van der Waals surface area contributed by atoms with Crippen molar-refractivity contribution in [1.82, 2.24) is 10.6 Å². The van der Waals surface area contributed by atoms with E-state index in [1.165, 1.54) is 11.8 Å². The molecule has 2 atom stereocenters. The first-order valence-electron chi connectivity index (χ1n) is 6.59. The first kappa shape index (κ1) is 23.1. The normalized spacial score (nSPS) is 18.0. The Hall–Kier alpha value is 0.130. The Kier molecular flexibility index (Phi) is 12.6. The van der Waals surface area contributed by atoms with Gasteiger partial charge in [-0.15, -0.1) is 11.8 Å². The van der Waals surface area contributed by atoms with Crippen LogP contribution in [0.1, 0.15) is 12.8 Å². The number of carboxylic acid groups (broad SMARTS) is 1. The number of carbonyl (C=O) groups excluding carboxylic acids is 4. The number of thioether (sulfide) groups is 2. The molecule has 2 N–H and O–H groups in total. The molecule has 124 valence electrons. The van der Waals surface area contributed by atoms with Gasteiger partial charge in [-0.2, -0.15) is 12.6 Å². The third-order valence-electron chi connectivity index (χ3n) is 2.77. The van der Waals surface area contributed by atoms with Crippen molar-refractivity contribution in [3.05, 3.63) is 0 Å². The van der Waals surface area contributed by atoms with E-state index in [0.717, 1.165) is 11.8 Å². The summed E-state index contributed by atoms with van der Waals surface area (Å²) in [5.41, 5.74) is 0. The van der Waals surface area contributed by atoms with Gasteiger partial charge in [0.15, 0.2) is 0 Å². The molecule has 0 aromatic rings. The van der Waals surface area contributed by atoms with Crippen molar-refractivity contribution in [3.8, 4) is 0 Å². The molecule has 1 fully saturated rings. The summed E-state index contributed by atoms with van der Waals surface area (Å²) in [7, 11) is 0. The Bertz CT molecular complexity index is 452. The van der Waals surface area contributed by atoms with Crippen LogP contribution >= 0.6 is 36.2 Å². The van der Waals surface area contributed by atoms with Crippen LogP contribution in [0.3, 0.4) is 0 Å². The number of amides is 2. The van der Waals surface area contributed by atoms with Crippen LogP contribution in [-0.2, 0) is 19.2 Å². The van der Waals surface area contributed by atoms with Gasteiger partial charge in [0.2, 0.25) is 16.9 Å². The molecule has 2 unspecified atom stereocenters. The molecule has 11 heteroatoms. The minimum absolute atomic E-state index is 0. The van der Waals surface area contributed by atoms with Gasteiger partial charge in [-0.3, -0.25) is 14.4 Å². The largest absolute Gasteiger partial charge is 1.00 e. The predicted octanol–water partition coefficient (Wildman–Crippen LogP) is -4.57. The summed E-state index contributed by atoms with van der Waals surface area (Å²) in [5, 5.41) is 15.6. The average molecular weight is 388 g/mol. The van der Waals surface area contributed by atoms with Crippen LogP contribution in [0.4, 0.5) is 0 Å². The van der Waals surface area contributed by atoms with Crippen LogP contribution in [0, 0.1) is 0 Å². The van der Waals surface area contributed by atoms with Crippen LogP contribution in [0.5, 0.6) is 0 Å². The molecule has 0 saturated carbocycles. The van der Waals surface area contributed by atoms with Crippen molar-refractivity contribution in [3.63, 3.8) is 0 Å². The first-order valence-corrected chi connectivity index (χ1v) is 9.36. The van der Waals surface area contributed by atoms with E-state index in [0.29, 0.717) is 17.9 Å². The first-order chi connectivity index (χ1) is 10.4. The fraction of sp³-hybridized carbons (Fsp3) is 0.667. The molecule has 23 heavy (non-hydrogen) atoms.